The Morgan fingerprint density at radius 3 is 1.25 bits per heavy atom. The van der Waals surface area contributed by atoms with E-state index >= 15 is 0 Å². The van der Waals surface area contributed by atoms with Crippen molar-refractivity contribution < 1.29 is 9.59 Å². The van der Waals surface area contributed by atoms with Crippen molar-refractivity contribution in [1.29, 1.82) is 0 Å². The van der Waals surface area contributed by atoms with Gasteiger partial charge in [0.2, 0.25) is 11.8 Å². The number of hydrogen-bond acceptors (Lipinski definition) is 4. The van der Waals surface area contributed by atoms with E-state index in [1.165, 1.54) is 22.3 Å². The minimum absolute atomic E-state index is 0.256. The number of carbonyl (C=O) groups excluding carboxylic acids is 2. The highest BCUT2D eigenvalue weighted by atomic mass is 35.5. The molecule has 0 saturated heterocycles. The number of rotatable bonds is 12. The number of fused-ring (bicyclic) bond motifs is 4. The Morgan fingerprint density at radius 1 is 0.558 bits per heavy atom. The minimum Gasteiger partial charge on any atom is -0.310 e. The molecular weight excluding hydrogens is 687 g/mol. The van der Waals surface area contributed by atoms with Gasteiger partial charge in [-0.05, 0) is 97.7 Å². The highest BCUT2D eigenvalue weighted by molar-refractivity contribution is 6.30. The molecule has 2 spiro atoms. The lowest BCUT2D eigenvalue weighted by atomic mass is 9.92. The van der Waals surface area contributed by atoms with Crippen molar-refractivity contribution in [2.75, 3.05) is 62.2 Å². The summed E-state index contributed by atoms with van der Waals surface area (Å²) in [6.07, 6.45) is 1.79. The Kier molecular flexibility index (Phi) is 10.6. The summed E-state index contributed by atoms with van der Waals surface area (Å²) in [5.41, 5.74) is 6.28. The van der Waals surface area contributed by atoms with Crippen molar-refractivity contribution in [3.63, 3.8) is 0 Å². The van der Waals surface area contributed by atoms with Gasteiger partial charge in [0.25, 0.3) is 0 Å². The molecule has 0 bridgehead atoms. The number of halogens is 2. The van der Waals surface area contributed by atoms with Gasteiger partial charge in [0, 0.05) is 59.4 Å². The van der Waals surface area contributed by atoms with Crippen molar-refractivity contribution in [2.45, 2.75) is 63.2 Å². The minimum atomic E-state index is -0.367. The molecule has 2 saturated carbocycles. The third-order valence-electron chi connectivity index (χ3n) is 12.1. The summed E-state index contributed by atoms with van der Waals surface area (Å²) < 4.78 is 0. The molecule has 0 aromatic heterocycles. The standard InChI is InChI=1S/2C22H25ClN2O/c2*1-3-24(4-2)13-14-25-20-8-6-5-7-18(20)22(21(25)26)15-19(22)16-9-11-17(23)12-10-16/h2*5-12,19H,3-4,13-15H2,1-2H3/t2*19-,22-/m10/s1. The van der Waals surface area contributed by atoms with Gasteiger partial charge in [0.05, 0.1) is 10.8 Å². The second-order valence-corrected chi connectivity index (χ2v) is 15.4. The smallest absolute Gasteiger partial charge is 0.238 e. The van der Waals surface area contributed by atoms with E-state index in [9.17, 15) is 9.59 Å². The van der Waals surface area contributed by atoms with Crippen molar-refractivity contribution in [3.8, 4) is 0 Å². The number of likely N-dealkylation sites (N-methyl/N-ethyl adjacent to an activating group) is 2. The quantitative estimate of drug-likeness (QED) is 0.146. The summed E-state index contributed by atoms with van der Waals surface area (Å²) in [6.45, 7) is 16.1. The average molecular weight is 738 g/mol. The van der Waals surface area contributed by atoms with E-state index in [1.807, 2.05) is 46.2 Å². The summed E-state index contributed by atoms with van der Waals surface area (Å²) in [5, 5.41) is 1.48. The third kappa shape index (κ3) is 6.36. The fourth-order valence-corrected chi connectivity index (χ4v) is 9.15. The molecule has 2 aliphatic heterocycles. The van der Waals surface area contributed by atoms with Crippen LogP contribution in [0.1, 0.15) is 74.6 Å². The van der Waals surface area contributed by atoms with Gasteiger partial charge in [-0.15, -0.1) is 0 Å². The van der Waals surface area contributed by atoms with Crippen molar-refractivity contribution in [1.82, 2.24) is 9.80 Å². The SMILES string of the molecule is CCN(CC)CCN1C(=O)[C@@]2(C[C@H]2c2ccc(Cl)cc2)c2ccccc21.CCN(CC)CCN1C(=O)[C@]2(C[C@@H]2c2ccc(Cl)cc2)c2ccccc21. The molecule has 4 aromatic carbocycles. The molecule has 2 amide bonds. The molecule has 2 heterocycles. The maximum absolute atomic E-state index is 13.5. The average Bonchev–Trinajstić information content (AvgIpc) is 4.07. The van der Waals surface area contributed by atoms with Gasteiger partial charge in [0.15, 0.2) is 0 Å². The Hall–Kier alpha value is -3.68. The van der Waals surface area contributed by atoms with Crippen LogP contribution in [0.15, 0.2) is 97.1 Å². The summed E-state index contributed by atoms with van der Waals surface area (Å²) in [6, 6.07) is 32.6. The molecule has 2 fully saturated rings. The molecule has 272 valence electrons. The highest BCUT2D eigenvalue weighted by Gasteiger charge is 2.68. The molecule has 2 aliphatic carbocycles. The van der Waals surface area contributed by atoms with Crippen LogP contribution >= 0.6 is 23.2 Å². The fraction of sp³-hybridized carbons (Fsp3) is 0.409. The first-order chi connectivity index (χ1) is 25.2. The number of carbonyl (C=O) groups is 2. The monoisotopic (exact) mass is 736 g/mol. The number of nitrogens with zero attached hydrogens (tertiary/aromatic N) is 4. The lowest BCUT2D eigenvalue weighted by molar-refractivity contribution is -0.121. The zero-order valence-corrected chi connectivity index (χ0v) is 32.3. The van der Waals surface area contributed by atoms with Crippen LogP contribution in [0.3, 0.4) is 0 Å². The third-order valence-corrected chi connectivity index (χ3v) is 12.6. The number of hydrogen-bond donors (Lipinski definition) is 0. The second-order valence-electron chi connectivity index (χ2n) is 14.6. The van der Waals surface area contributed by atoms with E-state index in [4.69, 9.17) is 23.2 Å². The molecule has 8 heteroatoms. The Balaban J connectivity index is 0.000000162. The normalized spacial score (nSPS) is 23.8. The van der Waals surface area contributed by atoms with Crippen LogP contribution in [0.25, 0.3) is 0 Å². The molecule has 0 radical (unpaired) electrons. The van der Waals surface area contributed by atoms with Gasteiger partial charge in [0.1, 0.15) is 0 Å². The molecule has 4 aliphatic rings. The van der Waals surface area contributed by atoms with Gasteiger partial charge >= 0.3 is 0 Å². The molecule has 0 N–H and O–H groups in total. The van der Waals surface area contributed by atoms with Crippen molar-refractivity contribution in [2.24, 2.45) is 0 Å². The Morgan fingerprint density at radius 2 is 0.904 bits per heavy atom. The largest absolute Gasteiger partial charge is 0.310 e. The summed E-state index contributed by atoms with van der Waals surface area (Å²) in [4.78, 5) is 35.7. The first-order valence-corrected chi connectivity index (χ1v) is 19.8. The summed E-state index contributed by atoms with van der Waals surface area (Å²) in [5.74, 6) is 1.05. The van der Waals surface area contributed by atoms with Gasteiger partial charge in [-0.2, -0.15) is 0 Å². The molecule has 8 rings (SSSR count). The number of benzene rings is 4. The van der Waals surface area contributed by atoms with Crippen LogP contribution in [0, 0.1) is 0 Å². The van der Waals surface area contributed by atoms with E-state index in [2.05, 4.69) is 98.2 Å². The van der Waals surface area contributed by atoms with E-state index in [-0.39, 0.29) is 34.5 Å². The van der Waals surface area contributed by atoms with Crippen LogP contribution in [0.2, 0.25) is 10.0 Å². The molecule has 6 nitrogen and oxygen atoms in total. The number of para-hydroxylation sites is 2. The Bertz CT molecular complexity index is 1770. The number of anilines is 2. The van der Waals surface area contributed by atoms with Gasteiger partial charge in [-0.1, -0.05) is 112 Å². The topological polar surface area (TPSA) is 47.1 Å². The van der Waals surface area contributed by atoms with Crippen molar-refractivity contribution in [3.05, 3.63) is 129 Å². The van der Waals surface area contributed by atoms with Crippen LogP contribution < -0.4 is 9.80 Å². The van der Waals surface area contributed by atoms with E-state index in [0.717, 1.165) is 86.6 Å². The summed E-state index contributed by atoms with van der Waals surface area (Å²) in [7, 11) is 0. The molecule has 52 heavy (non-hydrogen) atoms. The maximum Gasteiger partial charge on any atom is 0.238 e. The highest BCUT2D eigenvalue weighted by Crippen LogP contribution is 2.67. The molecule has 4 aromatic rings. The summed E-state index contributed by atoms with van der Waals surface area (Å²) >= 11 is 12.1. The predicted octanol–water partition coefficient (Wildman–Crippen LogP) is 8.91. The van der Waals surface area contributed by atoms with E-state index < -0.39 is 0 Å². The van der Waals surface area contributed by atoms with E-state index in [0.29, 0.717) is 0 Å². The fourth-order valence-electron chi connectivity index (χ4n) is 8.90. The van der Waals surface area contributed by atoms with Gasteiger partial charge in [-0.3, -0.25) is 9.59 Å². The first kappa shape index (κ1) is 36.7. The van der Waals surface area contributed by atoms with Crippen molar-refractivity contribution >= 4 is 46.4 Å². The second kappa shape index (κ2) is 15.0. The maximum atomic E-state index is 13.5. The van der Waals surface area contributed by atoms with Crippen LogP contribution in [0.5, 0.6) is 0 Å². The predicted molar refractivity (Wildman–Crippen MR) is 214 cm³/mol. The lowest BCUT2D eigenvalue weighted by Gasteiger charge is -2.24. The van der Waals surface area contributed by atoms with Crippen LogP contribution in [0.4, 0.5) is 11.4 Å². The number of amides is 2. The molecule has 0 unspecified atom stereocenters. The molecular formula is C44H50Cl2N4O2. The van der Waals surface area contributed by atoms with Crippen LogP contribution in [-0.2, 0) is 20.4 Å². The lowest BCUT2D eigenvalue weighted by Crippen LogP contribution is -2.39. The van der Waals surface area contributed by atoms with Crippen LogP contribution in [-0.4, -0.2) is 74.0 Å². The van der Waals surface area contributed by atoms with E-state index in [1.54, 1.807) is 0 Å². The molecule has 4 atom stereocenters. The van der Waals surface area contributed by atoms with Gasteiger partial charge in [-0.25, -0.2) is 0 Å². The Labute approximate surface area is 319 Å². The first-order valence-electron chi connectivity index (χ1n) is 19.0. The zero-order valence-electron chi connectivity index (χ0n) is 30.8. The van der Waals surface area contributed by atoms with Gasteiger partial charge < -0.3 is 19.6 Å². The zero-order chi connectivity index (χ0) is 36.6.